The van der Waals surface area contributed by atoms with Crippen LogP contribution in [0.1, 0.15) is 22.5 Å². The summed E-state index contributed by atoms with van der Waals surface area (Å²) >= 11 is 11.6. The Morgan fingerprint density at radius 3 is 1.30 bits per heavy atom. The molecule has 0 fully saturated rings. The molecular formula is C34H26Cl2CrN8O8. The van der Waals surface area contributed by atoms with Gasteiger partial charge in [-0.2, -0.15) is 10.2 Å². The Morgan fingerprint density at radius 1 is 0.642 bits per heavy atom. The zero-order chi connectivity index (χ0) is 37.7. The van der Waals surface area contributed by atoms with Crippen LogP contribution in [-0.4, -0.2) is 62.3 Å². The molecule has 0 saturated heterocycles. The second-order valence-corrected chi connectivity index (χ2v) is 11.6. The SMILES string of the molecule is Cc1nn(-c2ccccc2)c(O)c1C=Nc1cc([N+](=O)[O-])cc(Cl)c1O.Cc1nn(-c2ccccc2)c(O)c1C=Nc1cc([N+](=O)[O-])cc(Cl)c1O.[Cr]. The number of hydrogen-bond acceptors (Lipinski definition) is 12. The van der Waals surface area contributed by atoms with E-state index < -0.39 is 9.85 Å². The van der Waals surface area contributed by atoms with Crippen LogP contribution in [0.25, 0.3) is 11.4 Å². The van der Waals surface area contributed by atoms with Gasteiger partial charge in [-0.15, -0.1) is 0 Å². The van der Waals surface area contributed by atoms with Gasteiger partial charge >= 0.3 is 0 Å². The van der Waals surface area contributed by atoms with Crippen LogP contribution in [-0.2, 0) is 17.4 Å². The molecule has 0 aliphatic heterocycles. The fourth-order valence-corrected chi connectivity index (χ4v) is 5.09. The van der Waals surface area contributed by atoms with Gasteiger partial charge in [-0.25, -0.2) is 9.36 Å². The molecule has 53 heavy (non-hydrogen) atoms. The molecule has 4 aromatic carbocycles. The number of rotatable bonds is 8. The van der Waals surface area contributed by atoms with E-state index in [-0.39, 0.29) is 73.4 Å². The number of nitrogens with zero attached hydrogens (tertiary/aromatic N) is 8. The van der Waals surface area contributed by atoms with E-state index in [1.807, 2.05) is 36.4 Å². The first kappa shape index (κ1) is 39.5. The van der Waals surface area contributed by atoms with Gasteiger partial charge in [0.1, 0.15) is 11.4 Å². The predicted molar refractivity (Wildman–Crippen MR) is 194 cm³/mol. The number of nitro groups is 2. The Labute approximate surface area is 320 Å². The third kappa shape index (κ3) is 8.80. The van der Waals surface area contributed by atoms with Crippen LogP contribution in [0.4, 0.5) is 22.7 Å². The average Bonchev–Trinajstić information content (AvgIpc) is 3.58. The van der Waals surface area contributed by atoms with E-state index in [2.05, 4.69) is 20.2 Å². The molecule has 16 nitrogen and oxygen atoms in total. The Kier molecular flexibility index (Phi) is 12.6. The molecule has 270 valence electrons. The summed E-state index contributed by atoms with van der Waals surface area (Å²) in [6, 6.07) is 22.3. The molecule has 19 heteroatoms. The van der Waals surface area contributed by atoms with E-state index in [0.717, 1.165) is 24.3 Å². The van der Waals surface area contributed by atoms with Crippen LogP contribution >= 0.6 is 23.2 Å². The van der Waals surface area contributed by atoms with E-state index in [1.165, 1.54) is 21.8 Å². The van der Waals surface area contributed by atoms with Crippen molar-refractivity contribution in [2.75, 3.05) is 0 Å². The summed E-state index contributed by atoms with van der Waals surface area (Å²) in [4.78, 5) is 28.6. The van der Waals surface area contributed by atoms with Crippen LogP contribution in [0.5, 0.6) is 23.3 Å². The summed E-state index contributed by atoms with van der Waals surface area (Å²) in [5, 5.41) is 70.7. The van der Waals surface area contributed by atoms with Crippen LogP contribution in [0.2, 0.25) is 10.0 Å². The van der Waals surface area contributed by atoms with Crippen molar-refractivity contribution >= 4 is 58.4 Å². The molecule has 0 radical (unpaired) electrons. The monoisotopic (exact) mass is 796 g/mol. The summed E-state index contributed by atoms with van der Waals surface area (Å²) in [6.07, 6.45) is 2.54. The van der Waals surface area contributed by atoms with Crippen molar-refractivity contribution < 1.29 is 47.6 Å². The van der Waals surface area contributed by atoms with E-state index >= 15 is 0 Å². The standard InChI is InChI=1S/2C17H13ClN4O4.Cr/c2*1-10-13(17(24)21(20-10)11-5-3-2-4-6-11)9-19-15-8-12(22(25)26)7-14(18)16(15)23;/h2*2-9,23-24H,1H3;. The summed E-state index contributed by atoms with van der Waals surface area (Å²) < 4.78 is 2.69. The fourth-order valence-electron chi connectivity index (χ4n) is 4.67. The Balaban J connectivity index is 0.000000232. The molecule has 0 aliphatic rings. The number of non-ortho nitro benzene ring substituents is 2. The first-order valence-electron chi connectivity index (χ1n) is 14.9. The van der Waals surface area contributed by atoms with Gasteiger partial charge in [0.25, 0.3) is 11.4 Å². The van der Waals surface area contributed by atoms with Gasteiger partial charge < -0.3 is 20.4 Å². The quantitative estimate of drug-likeness (QED) is 0.0663. The van der Waals surface area contributed by atoms with Gasteiger partial charge in [-0.05, 0) is 38.1 Å². The zero-order valence-corrected chi connectivity index (χ0v) is 30.2. The van der Waals surface area contributed by atoms with Crippen molar-refractivity contribution in [1.29, 1.82) is 0 Å². The number of phenolic OH excluding ortho intramolecular Hbond substituents is 2. The van der Waals surface area contributed by atoms with Crippen molar-refractivity contribution in [3.63, 3.8) is 0 Å². The first-order chi connectivity index (χ1) is 24.8. The van der Waals surface area contributed by atoms with Gasteiger partial charge in [0, 0.05) is 54.1 Å². The molecule has 0 bridgehead atoms. The number of hydrogen-bond donors (Lipinski definition) is 4. The minimum atomic E-state index is -0.638. The molecule has 2 heterocycles. The predicted octanol–water partition coefficient (Wildman–Crippen LogP) is 7.81. The van der Waals surface area contributed by atoms with Crippen LogP contribution < -0.4 is 0 Å². The topological polar surface area (TPSA) is 228 Å². The number of aliphatic imine (C=N–C) groups is 2. The molecular weight excluding hydrogens is 771 g/mol. The van der Waals surface area contributed by atoms with Gasteiger partial charge in [-0.3, -0.25) is 30.2 Å². The molecule has 0 unspecified atom stereocenters. The zero-order valence-electron chi connectivity index (χ0n) is 27.4. The van der Waals surface area contributed by atoms with Crippen LogP contribution in [0, 0.1) is 34.1 Å². The van der Waals surface area contributed by atoms with Crippen molar-refractivity contribution in [3.8, 4) is 34.6 Å². The molecule has 6 aromatic rings. The Hall–Kier alpha value is -6.25. The van der Waals surface area contributed by atoms with Crippen LogP contribution in [0.3, 0.4) is 0 Å². The van der Waals surface area contributed by atoms with E-state index in [1.54, 1.807) is 38.1 Å². The molecule has 2 aromatic heterocycles. The third-order valence-electron chi connectivity index (χ3n) is 7.31. The minimum absolute atomic E-state index is 0. The maximum atomic E-state index is 10.9. The van der Waals surface area contributed by atoms with Gasteiger partial charge in [0.15, 0.2) is 11.5 Å². The summed E-state index contributed by atoms with van der Waals surface area (Å²) in [7, 11) is 0. The fraction of sp³-hybridized carbons (Fsp3) is 0.0588. The molecule has 6 rings (SSSR count). The van der Waals surface area contributed by atoms with Crippen molar-refractivity contribution in [2.24, 2.45) is 9.98 Å². The number of para-hydroxylation sites is 2. The number of aromatic hydroxyl groups is 4. The largest absolute Gasteiger partial charge is 0.504 e. The average molecular weight is 798 g/mol. The number of aromatic nitrogens is 4. The number of phenols is 2. The van der Waals surface area contributed by atoms with E-state index in [0.29, 0.717) is 33.9 Å². The smallest absolute Gasteiger partial charge is 0.273 e. The number of aryl methyl sites for hydroxylation is 2. The normalized spacial score (nSPS) is 10.9. The van der Waals surface area contributed by atoms with E-state index in [4.69, 9.17) is 23.2 Å². The number of halogens is 2. The maximum Gasteiger partial charge on any atom is 0.273 e. The van der Waals surface area contributed by atoms with Gasteiger partial charge in [-0.1, -0.05) is 59.6 Å². The molecule has 0 atom stereocenters. The Bertz CT molecular complexity index is 2200. The number of nitro benzene ring substituents is 2. The second-order valence-electron chi connectivity index (χ2n) is 10.8. The van der Waals surface area contributed by atoms with Gasteiger partial charge in [0.2, 0.25) is 11.8 Å². The minimum Gasteiger partial charge on any atom is -0.504 e. The molecule has 4 N–H and O–H groups in total. The van der Waals surface area contributed by atoms with Crippen molar-refractivity contribution in [1.82, 2.24) is 19.6 Å². The summed E-state index contributed by atoms with van der Waals surface area (Å²) in [5.41, 5.74) is 2.15. The molecule has 0 aliphatic carbocycles. The Morgan fingerprint density at radius 2 is 0.981 bits per heavy atom. The third-order valence-corrected chi connectivity index (χ3v) is 7.88. The van der Waals surface area contributed by atoms with E-state index in [9.17, 15) is 40.7 Å². The summed E-state index contributed by atoms with van der Waals surface area (Å²) in [6.45, 7) is 3.36. The number of benzene rings is 4. The summed E-state index contributed by atoms with van der Waals surface area (Å²) in [5.74, 6) is -1.07. The van der Waals surface area contributed by atoms with Crippen molar-refractivity contribution in [3.05, 3.63) is 138 Å². The second kappa shape index (κ2) is 16.8. The molecule has 0 saturated carbocycles. The van der Waals surface area contributed by atoms with Gasteiger partial charge in [0.05, 0.1) is 53.8 Å². The first-order valence-corrected chi connectivity index (χ1v) is 15.6. The molecule has 0 amide bonds. The van der Waals surface area contributed by atoms with Crippen molar-refractivity contribution in [2.45, 2.75) is 13.8 Å². The maximum absolute atomic E-state index is 10.9. The van der Waals surface area contributed by atoms with Crippen LogP contribution in [0.15, 0.2) is 94.9 Å². The molecule has 0 spiro atoms.